The van der Waals surface area contributed by atoms with E-state index in [1.165, 1.54) is 0 Å². The third-order valence-corrected chi connectivity index (χ3v) is 3.55. The lowest BCUT2D eigenvalue weighted by atomic mass is 10.1. The van der Waals surface area contributed by atoms with Crippen LogP contribution in [0.4, 0.5) is 4.79 Å². The van der Waals surface area contributed by atoms with Crippen LogP contribution < -0.4 is 5.32 Å². The molecule has 1 aromatic carbocycles. The normalized spacial score (nSPS) is 15.2. The van der Waals surface area contributed by atoms with E-state index in [0.29, 0.717) is 11.1 Å². The first kappa shape index (κ1) is 17.9. The van der Waals surface area contributed by atoms with E-state index in [1.807, 2.05) is 0 Å². The van der Waals surface area contributed by atoms with E-state index in [-0.39, 0.29) is 19.6 Å². The molecule has 2 N–H and O–H groups in total. The fourth-order valence-electron chi connectivity index (χ4n) is 2.50. The SMILES string of the molecule is CC(C)(C)OC(=O)NCCC(CO)N1C(=O)c2ccccc2C1=O. The number of hydrogen-bond donors (Lipinski definition) is 2. The first-order valence-corrected chi connectivity index (χ1v) is 7.79. The molecule has 1 aliphatic rings. The molecule has 0 radical (unpaired) electrons. The Hall–Kier alpha value is -2.41. The van der Waals surface area contributed by atoms with E-state index in [1.54, 1.807) is 45.0 Å². The molecule has 24 heavy (non-hydrogen) atoms. The number of hydrogen-bond acceptors (Lipinski definition) is 5. The number of nitrogens with one attached hydrogen (secondary N) is 1. The number of carbonyl (C=O) groups is 3. The van der Waals surface area contributed by atoms with Crippen molar-refractivity contribution < 1.29 is 24.2 Å². The second-order valence-corrected chi connectivity index (χ2v) is 6.58. The van der Waals surface area contributed by atoms with E-state index in [9.17, 15) is 19.5 Å². The van der Waals surface area contributed by atoms with Crippen molar-refractivity contribution in [2.45, 2.75) is 38.8 Å². The number of ether oxygens (including phenoxy) is 1. The van der Waals surface area contributed by atoms with Crippen LogP contribution in [-0.4, -0.2) is 52.7 Å². The van der Waals surface area contributed by atoms with Crippen LogP contribution >= 0.6 is 0 Å². The maximum absolute atomic E-state index is 12.4. The molecule has 0 aliphatic carbocycles. The quantitative estimate of drug-likeness (QED) is 0.797. The summed E-state index contributed by atoms with van der Waals surface area (Å²) in [6.07, 6.45) is -0.345. The van der Waals surface area contributed by atoms with Crippen LogP contribution in [-0.2, 0) is 4.74 Å². The van der Waals surface area contributed by atoms with Gasteiger partial charge in [0.15, 0.2) is 0 Å². The van der Waals surface area contributed by atoms with Gasteiger partial charge in [-0.3, -0.25) is 14.5 Å². The van der Waals surface area contributed by atoms with E-state index >= 15 is 0 Å². The molecule has 0 spiro atoms. The van der Waals surface area contributed by atoms with Crippen molar-refractivity contribution in [2.75, 3.05) is 13.2 Å². The molecule has 3 amide bonds. The molecule has 7 nitrogen and oxygen atoms in total. The Morgan fingerprint density at radius 3 is 2.21 bits per heavy atom. The zero-order valence-corrected chi connectivity index (χ0v) is 14.0. The third kappa shape index (κ3) is 3.91. The molecule has 130 valence electrons. The van der Waals surface area contributed by atoms with Crippen molar-refractivity contribution in [3.05, 3.63) is 35.4 Å². The molecule has 0 fully saturated rings. The summed E-state index contributed by atoms with van der Waals surface area (Å²) in [6.45, 7) is 5.06. The highest BCUT2D eigenvalue weighted by Crippen LogP contribution is 2.25. The maximum atomic E-state index is 12.4. The van der Waals surface area contributed by atoms with Gasteiger partial charge in [-0.25, -0.2) is 4.79 Å². The van der Waals surface area contributed by atoms with Gasteiger partial charge >= 0.3 is 6.09 Å². The largest absolute Gasteiger partial charge is 0.444 e. The smallest absolute Gasteiger partial charge is 0.407 e. The average Bonchev–Trinajstić information content (AvgIpc) is 2.75. The van der Waals surface area contributed by atoms with Crippen molar-refractivity contribution in [1.29, 1.82) is 0 Å². The van der Waals surface area contributed by atoms with Gasteiger partial charge in [-0.05, 0) is 39.3 Å². The number of alkyl carbamates (subject to hydrolysis) is 1. The van der Waals surface area contributed by atoms with Crippen LogP contribution in [0, 0.1) is 0 Å². The number of imide groups is 1. The Morgan fingerprint density at radius 1 is 1.21 bits per heavy atom. The fraction of sp³-hybridized carbons (Fsp3) is 0.471. The van der Waals surface area contributed by atoms with Crippen molar-refractivity contribution >= 4 is 17.9 Å². The summed E-state index contributed by atoms with van der Waals surface area (Å²) in [5, 5.41) is 12.1. The molecule has 2 rings (SSSR count). The molecule has 1 unspecified atom stereocenters. The number of benzene rings is 1. The monoisotopic (exact) mass is 334 g/mol. The van der Waals surface area contributed by atoms with Gasteiger partial charge < -0.3 is 15.2 Å². The molecule has 1 aliphatic heterocycles. The highest BCUT2D eigenvalue weighted by Gasteiger charge is 2.39. The lowest BCUT2D eigenvalue weighted by Gasteiger charge is -2.25. The van der Waals surface area contributed by atoms with Crippen LogP contribution in [0.5, 0.6) is 0 Å². The Labute approximate surface area is 140 Å². The second kappa shape index (κ2) is 7.00. The minimum atomic E-state index is -0.702. The molecule has 7 heteroatoms. The molecule has 0 bridgehead atoms. The molecular weight excluding hydrogens is 312 g/mol. The van der Waals surface area contributed by atoms with Gasteiger partial charge in [0.25, 0.3) is 11.8 Å². The first-order valence-electron chi connectivity index (χ1n) is 7.79. The minimum Gasteiger partial charge on any atom is -0.444 e. The van der Waals surface area contributed by atoms with E-state index < -0.39 is 29.6 Å². The topological polar surface area (TPSA) is 95.9 Å². The zero-order valence-electron chi connectivity index (χ0n) is 14.0. The van der Waals surface area contributed by atoms with Gasteiger partial charge in [0, 0.05) is 6.54 Å². The van der Waals surface area contributed by atoms with Crippen LogP contribution in [0.1, 0.15) is 47.9 Å². The highest BCUT2D eigenvalue weighted by molar-refractivity contribution is 6.21. The number of nitrogens with zero attached hydrogens (tertiary/aromatic N) is 1. The van der Waals surface area contributed by atoms with Gasteiger partial charge in [-0.15, -0.1) is 0 Å². The molecule has 1 heterocycles. The highest BCUT2D eigenvalue weighted by atomic mass is 16.6. The van der Waals surface area contributed by atoms with Gasteiger partial charge in [-0.2, -0.15) is 0 Å². The second-order valence-electron chi connectivity index (χ2n) is 6.58. The number of aliphatic hydroxyl groups is 1. The summed E-state index contributed by atoms with van der Waals surface area (Å²) >= 11 is 0. The number of carbonyl (C=O) groups excluding carboxylic acids is 3. The Bertz CT molecular complexity index is 616. The molecule has 0 aromatic heterocycles. The van der Waals surface area contributed by atoms with Crippen molar-refractivity contribution in [3.8, 4) is 0 Å². The Balaban J connectivity index is 1.97. The summed E-state index contributed by atoms with van der Waals surface area (Å²) in [6, 6.07) is 5.84. The molecule has 0 saturated heterocycles. The van der Waals surface area contributed by atoms with E-state index in [2.05, 4.69) is 5.32 Å². The Kier molecular flexibility index (Phi) is 5.23. The van der Waals surface area contributed by atoms with Crippen molar-refractivity contribution in [2.24, 2.45) is 0 Å². The summed E-state index contributed by atoms with van der Waals surface area (Å²) < 4.78 is 5.11. The van der Waals surface area contributed by atoms with Crippen LogP contribution in [0.25, 0.3) is 0 Å². The van der Waals surface area contributed by atoms with E-state index in [0.717, 1.165) is 4.90 Å². The van der Waals surface area contributed by atoms with Crippen LogP contribution in [0.2, 0.25) is 0 Å². The van der Waals surface area contributed by atoms with Gasteiger partial charge in [-0.1, -0.05) is 12.1 Å². The lowest BCUT2D eigenvalue weighted by Crippen LogP contribution is -2.44. The van der Waals surface area contributed by atoms with Crippen molar-refractivity contribution in [1.82, 2.24) is 10.2 Å². The predicted molar refractivity (Wildman–Crippen MR) is 86.7 cm³/mol. The predicted octanol–water partition coefficient (Wildman–Crippen LogP) is 1.56. The summed E-state index contributed by atoms with van der Waals surface area (Å²) in [7, 11) is 0. The average molecular weight is 334 g/mol. The van der Waals surface area contributed by atoms with Crippen molar-refractivity contribution in [3.63, 3.8) is 0 Å². The summed E-state index contributed by atoms with van der Waals surface area (Å²) in [5.41, 5.74) is 0.0605. The van der Waals surface area contributed by atoms with Gasteiger partial charge in [0.2, 0.25) is 0 Å². The lowest BCUT2D eigenvalue weighted by molar-refractivity contribution is 0.0483. The molecular formula is C17H22N2O5. The standard InChI is InChI=1S/C17H22N2O5/c1-17(2,3)24-16(23)18-9-8-11(10-20)19-14(21)12-6-4-5-7-13(12)15(19)22/h4-7,11,20H,8-10H2,1-3H3,(H,18,23). The third-order valence-electron chi connectivity index (χ3n) is 3.55. The fourth-order valence-corrected chi connectivity index (χ4v) is 2.50. The molecule has 1 aromatic rings. The molecule has 0 saturated carbocycles. The first-order chi connectivity index (χ1) is 11.2. The zero-order chi connectivity index (χ0) is 17.9. The van der Waals surface area contributed by atoms with Gasteiger partial charge in [0.05, 0.1) is 23.8 Å². The maximum Gasteiger partial charge on any atom is 0.407 e. The number of amides is 3. The number of fused-ring (bicyclic) bond motifs is 1. The molecule has 1 atom stereocenters. The van der Waals surface area contributed by atoms with Crippen LogP contribution in [0.3, 0.4) is 0 Å². The number of rotatable bonds is 5. The minimum absolute atomic E-state index is 0.174. The number of aliphatic hydroxyl groups excluding tert-OH is 1. The Morgan fingerprint density at radius 2 is 1.75 bits per heavy atom. The van der Waals surface area contributed by atoms with E-state index in [4.69, 9.17) is 4.74 Å². The van der Waals surface area contributed by atoms with Crippen LogP contribution in [0.15, 0.2) is 24.3 Å². The summed E-state index contributed by atoms with van der Waals surface area (Å²) in [5.74, 6) is -0.848. The summed E-state index contributed by atoms with van der Waals surface area (Å²) in [4.78, 5) is 37.4. The van der Waals surface area contributed by atoms with Gasteiger partial charge in [0.1, 0.15) is 5.60 Å².